The van der Waals surface area contributed by atoms with E-state index in [0.717, 1.165) is 16.0 Å². The molecule has 0 spiro atoms. The van der Waals surface area contributed by atoms with Crippen LogP contribution in [0.1, 0.15) is 35.7 Å². The van der Waals surface area contributed by atoms with Crippen LogP contribution in [0.5, 0.6) is 0 Å². The number of carbonyl (C=O) groups is 1. The Labute approximate surface area is 126 Å². The highest BCUT2D eigenvalue weighted by molar-refractivity contribution is 7.80. The molecule has 4 heteroatoms. The average Bonchev–Trinajstić information content (AvgIpc) is 3.26. The van der Waals surface area contributed by atoms with Crippen molar-refractivity contribution in [2.75, 3.05) is 20.3 Å². The number of thiol groups is 1. The Morgan fingerprint density at radius 1 is 1.50 bits per heavy atom. The first-order valence-electron chi connectivity index (χ1n) is 7.14. The van der Waals surface area contributed by atoms with Crippen LogP contribution in [-0.4, -0.2) is 37.1 Å². The number of methoxy groups -OCH3 is 1. The lowest BCUT2D eigenvalue weighted by Crippen LogP contribution is -2.42. The van der Waals surface area contributed by atoms with E-state index < -0.39 is 0 Å². The predicted octanol–water partition coefficient (Wildman–Crippen LogP) is 3.17. The van der Waals surface area contributed by atoms with Crippen molar-refractivity contribution in [1.29, 1.82) is 0 Å². The Morgan fingerprint density at radius 2 is 2.20 bits per heavy atom. The molecule has 1 saturated carbocycles. The van der Waals surface area contributed by atoms with Gasteiger partial charge in [0.25, 0.3) is 5.91 Å². The van der Waals surface area contributed by atoms with Crippen molar-refractivity contribution in [3.8, 4) is 0 Å². The van der Waals surface area contributed by atoms with Crippen LogP contribution in [0, 0.1) is 12.8 Å². The van der Waals surface area contributed by atoms with Crippen LogP contribution in [0.2, 0.25) is 0 Å². The summed E-state index contributed by atoms with van der Waals surface area (Å²) in [4.78, 5) is 15.6. The topological polar surface area (TPSA) is 29.5 Å². The van der Waals surface area contributed by atoms with Gasteiger partial charge in [0.15, 0.2) is 0 Å². The van der Waals surface area contributed by atoms with Crippen LogP contribution >= 0.6 is 12.6 Å². The molecule has 20 heavy (non-hydrogen) atoms. The number of hydrogen-bond acceptors (Lipinski definition) is 3. The fraction of sp³-hybridized carbons (Fsp3) is 0.562. The Kier molecular flexibility index (Phi) is 5.11. The Hall–Kier alpha value is -1.00. The van der Waals surface area contributed by atoms with Gasteiger partial charge in [-0.2, -0.15) is 0 Å². The summed E-state index contributed by atoms with van der Waals surface area (Å²) in [5, 5.41) is 0. The third-order valence-electron chi connectivity index (χ3n) is 4.04. The van der Waals surface area contributed by atoms with E-state index in [0.29, 0.717) is 19.1 Å². The summed E-state index contributed by atoms with van der Waals surface area (Å²) in [6, 6.07) is 6.01. The highest BCUT2D eigenvalue weighted by Gasteiger charge is 2.34. The second-order valence-electron chi connectivity index (χ2n) is 5.57. The van der Waals surface area contributed by atoms with Gasteiger partial charge in [0.05, 0.1) is 6.61 Å². The molecule has 0 N–H and O–H groups in total. The highest BCUT2D eigenvalue weighted by Crippen LogP contribution is 2.35. The van der Waals surface area contributed by atoms with E-state index in [1.165, 1.54) is 12.8 Å². The number of carbonyl (C=O) groups excluding carboxylic acids is 1. The normalized spacial score (nSPS) is 16.0. The maximum atomic E-state index is 12.8. The fourth-order valence-corrected chi connectivity index (χ4v) is 2.71. The van der Waals surface area contributed by atoms with Crippen LogP contribution in [0.25, 0.3) is 0 Å². The smallest absolute Gasteiger partial charge is 0.254 e. The molecular formula is C16H23NO2S. The zero-order valence-corrected chi connectivity index (χ0v) is 13.3. The van der Waals surface area contributed by atoms with Crippen molar-refractivity contribution in [2.45, 2.75) is 37.6 Å². The summed E-state index contributed by atoms with van der Waals surface area (Å²) in [5.41, 5.74) is 1.75. The monoisotopic (exact) mass is 293 g/mol. The summed E-state index contributed by atoms with van der Waals surface area (Å²) in [5.74, 6) is 0.741. The van der Waals surface area contributed by atoms with Crippen LogP contribution in [0.15, 0.2) is 23.1 Å². The lowest BCUT2D eigenvalue weighted by molar-refractivity contribution is 0.0593. The molecule has 0 bridgehead atoms. The summed E-state index contributed by atoms with van der Waals surface area (Å²) in [7, 11) is 1.67. The van der Waals surface area contributed by atoms with Gasteiger partial charge in [-0.05, 0) is 50.3 Å². The van der Waals surface area contributed by atoms with Crippen LogP contribution in [0.3, 0.4) is 0 Å². The second-order valence-corrected chi connectivity index (χ2v) is 6.09. The number of hydrogen-bond donors (Lipinski definition) is 1. The number of aryl methyl sites for hydroxylation is 1. The molecule has 0 radical (unpaired) electrons. The average molecular weight is 293 g/mol. The maximum Gasteiger partial charge on any atom is 0.254 e. The van der Waals surface area contributed by atoms with Gasteiger partial charge in [-0.15, -0.1) is 12.6 Å². The molecule has 1 unspecified atom stereocenters. The van der Waals surface area contributed by atoms with Gasteiger partial charge in [-0.3, -0.25) is 4.79 Å². The van der Waals surface area contributed by atoms with Gasteiger partial charge < -0.3 is 9.64 Å². The minimum absolute atomic E-state index is 0.0925. The van der Waals surface area contributed by atoms with E-state index in [-0.39, 0.29) is 11.9 Å². The van der Waals surface area contributed by atoms with Crippen LogP contribution < -0.4 is 0 Å². The van der Waals surface area contributed by atoms with Gasteiger partial charge in [0, 0.05) is 30.2 Å². The fourth-order valence-electron chi connectivity index (χ4n) is 2.51. The van der Waals surface area contributed by atoms with Crippen LogP contribution in [-0.2, 0) is 4.74 Å². The minimum atomic E-state index is 0.0925. The molecule has 0 heterocycles. The summed E-state index contributed by atoms with van der Waals surface area (Å²) < 4.78 is 5.15. The van der Waals surface area contributed by atoms with E-state index in [9.17, 15) is 4.79 Å². The zero-order chi connectivity index (χ0) is 14.7. The molecule has 1 amide bonds. The maximum absolute atomic E-state index is 12.8. The van der Waals surface area contributed by atoms with Crippen LogP contribution in [0.4, 0.5) is 0 Å². The standard InChI is InChI=1S/C16H23NO2S/c1-11-4-7-14(20)10-15(11)16(18)17(8-9-19-3)12(2)13-5-6-13/h4,7,10,12-13,20H,5-6,8-9H2,1-3H3. The molecule has 1 fully saturated rings. The first-order valence-corrected chi connectivity index (χ1v) is 7.59. The molecular weight excluding hydrogens is 270 g/mol. The number of amides is 1. The molecule has 0 saturated heterocycles. The summed E-state index contributed by atoms with van der Waals surface area (Å²) in [6.07, 6.45) is 2.45. The molecule has 0 aliphatic heterocycles. The molecule has 1 aromatic rings. The molecule has 0 aromatic heterocycles. The van der Waals surface area contributed by atoms with Crippen molar-refractivity contribution in [1.82, 2.24) is 4.90 Å². The third kappa shape index (κ3) is 3.55. The number of benzene rings is 1. The number of nitrogens with zero attached hydrogens (tertiary/aromatic N) is 1. The van der Waals surface area contributed by atoms with E-state index in [1.807, 2.05) is 30.0 Å². The minimum Gasteiger partial charge on any atom is -0.383 e. The second kappa shape index (κ2) is 6.64. The summed E-state index contributed by atoms with van der Waals surface area (Å²) >= 11 is 4.34. The van der Waals surface area contributed by atoms with Crippen molar-refractivity contribution in [3.63, 3.8) is 0 Å². The van der Waals surface area contributed by atoms with E-state index in [1.54, 1.807) is 7.11 Å². The molecule has 1 aliphatic carbocycles. The Balaban J connectivity index is 2.22. The lowest BCUT2D eigenvalue weighted by Gasteiger charge is -2.30. The SMILES string of the molecule is COCCN(C(=O)c1cc(S)ccc1C)C(C)C1CC1. The van der Waals surface area contributed by atoms with Gasteiger partial charge in [-0.1, -0.05) is 6.07 Å². The molecule has 1 aliphatic rings. The number of rotatable bonds is 6. The Bertz CT molecular complexity index is 485. The van der Waals surface area contributed by atoms with Gasteiger partial charge in [0.2, 0.25) is 0 Å². The first kappa shape index (κ1) is 15.4. The molecule has 110 valence electrons. The molecule has 2 rings (SSSR count). The first-order chi connectivity index (χ1) is 9.54. The van der Waals surface area contributed by atoms with E-state index in [2.05, 4.69) is 19.6 Å². The summed E-state index contributed by atoms with van der Waals surface area (Å²) in [6.45, 7) is 5.33. The molecule has 3 nitrogen and oxygen atoms in total. The van der Waals surface area contributed by atoms with Gasteiger partial charge in [-0.25, -0.2) is 0 Å². The lowest BCUT2D eigenvalue weighted by atomic mass is 10.1. The quantitative estimate of drug-likeness (QED) is 0.816. The van der Waals surface area contributed by atoms with Crippen molar-refractivity contribution in [2.24, 2.45) is 5.92 Å². The third-order valence-corrected chi connectivity index (χ3v) is 4.32. The highest BCUT2D eigenvalue weighted by atomic mass is 32.1. The van der Waals surface area contributed by atoms with Gasteiger partial charge in [0.1, 0.15) is 0 Å². The van der Waals surface area contributed by atoms with E-state index in [4.69, 9.17) is 4.74 Å². The van der Waals surface area contributed by atoms with Crippen molar-refractivity contribution >= 4 is 18.5 Å². The van der Waals surface area contributed by atoms with Gasteiger partial charge >= 0.3 is 0 Å². The van der Waals surface area contributed by atoms with Crippen molar-refractivity contribution < 1.29 is 9.53 Å². The van der Waals surface area contributed by atoms with E-state index >= 15 is 0 Å². The Morgan fingerprint density at radius 3 is 2.80 bits per heavy atom. The molecule has 1 atom stereocenters. The largest absolute Gasteiger partial charge is 0.383 e. The zero-order valence-electron chi connectivity index (χ0n) is 12.4. The number of ether oxygens (including phenoxy) is 1. The molecule has 1 aromatic carbocycles. The predicted molar refractivity (Wildman–Crippen MR) is 83.5 cm³/mol. The van der Waals surface area contributed by atoms with Crippen molar-refractivity contribution in [3.05, 3.63) is 29.3 Å².